The maximum atomic E-state index is 14.5. The lowest BCUT2D eigenvalue weighted by Gasteiger charge is -2.12. The Morgan fingerprint density at radius 3 is 2.45 bits per heavy atom. The van der Waals surface area contributed by atoms with Gasteiger partial charge in [-0.25, -0.2) is 4.39 Å². The van der Waals surface area contributed by atoms with Gasteiger partial charge in [0.1, 0.15) is 11.6 Å². The molecule has 158 valence electrons. The van der Waals surface area contributed by atoms with E-state index in [0.717, 1.165) is 11.3 Å². The molecule has 0 aliphatic heterocycles. The number of aryl methyl sites for hydroxylation is 1. The lowest BCUT2D eigenvalue weighted by atomic mass is 10.2. The molecule has 8 nitrogen and oxygen atoms in total. The molecule has 0 fully saturated rings. The minimum absolute atomic E-state index is 0.154. The summed E-state index contributed by atoms with van der Waals surface area (Å²) in [6.07, 6.45) is 0. The summed E-state index contributed by atoms with van der Waals surface area (Å²) in [4.78, 5) is 14.5. The summed E-state index contributed by atoms with van der Waals surface area (Å²) in [6.45, 7) is 2.01. The topological polar surface area (TPSA) is 98.6 Å². The molecule has 0 aliphatic carbocycles. The van der Waals surface area contributed by atoms with E-state index < -0.39 is 0 Å². The van der Waals surface area contributed by atoms with E-state index in [1.807, 2.05) is 49.9 Å². The highest BCUT2D eigenvalue weighted by Crippen LogP contribution is 2.30. The number of nitrogens with zero attached hydrogens (tertiary/aromatic N) is 7. The van der Waals surface area contributed by atoms with Crippen LogP contribution in [0.25, 0.3) is 17.1 Å². The van der Waals surface area contributed by atoms with Crippen LogP contribution in [0.4, 0.5) is 16.3 Å². The first-order valence-electron chi connectivity index (χ1n) is 9.50. The fourth-order valence-electron chi connectivity index (χ4n) is 2.93. The molecule has 10 heteroatoms. The average Bonchev–Trinajstić information content (AvgIpc) is 3.16. The number of hydrogen-bond donors (Lipinski definition) is 1. The van der Waals surface area contributed by atoms with Gasteiger partial charge in [0, 0.05) is 19.8 Å². The van der Waals surface area contributed by atoms with Gasteiger partial charge in [-0.3, -0.25) is 4.57 Å². The second kappa shape index (κ2) is 8.68. The van der Waals surface area contributed by atoms with Crippen molar-refractivity contribution in [2.24, 2.45) is 0 Å². The quantitative estimate of drug-likeness (QED) is 0.459. The highest BCUT2D eigenvalue weighted by atomic mass is 32.2. The minimum atomic E-state index is -0.360. The SMILES string of the molecule is Cc1ccc(-n2c(SCc3nc(N)nc(N(C)C)n3)nnc2-c2ccccc2F)cc1. The number of hydrogen-bond acceptors (Lipinski definition) is 8. The lowest BCUT2D eigenvalue weighted by Crippen LogP contribution is -2.16. The molecule has 0 unspecified atom stereocenters. The van der Waals surface area contributed by atoms with E-state index in [2.05, 4.69) is 25.1 Å². The lowest BCUT2D eigenvalue weighted by molar-refractivity contribution is 0.629. The number of anilines is 2. The number of rotatable bonds is 6. The van der Waals surface area contributed by atoms with Crippen molar-refractivity contribution in [1.82, 2.24) is 29.7 Å². The summed E-state index contributed by atoms with van der Waals surface area (Å²) in [5.74, 6) is 1.62. The number of benzene rings is 2. The van der Waals surface area contributed by atoms with Gasteiger partial charge >= 0.3 is 0 Å². The molecule has 0 bridgehead atoms. The van der Waals surface area contributed by atoms with Crippen molar-refractivity contribution in [1.29, 1.82) is 0 Å². The summed E-state index contributed by atoms with van der Waals surface area (Å²) < 4.78 is 16.4. The molecule has 2 N–H and O–H groups in total. The van der Waals surface area contributed by atoms with Gasteiger partial charge in [-0.1, -0.05) is 41.6 Å². The standard InChI is InChI=1S/C21H21FN8S/c1-13-8-10-14(11-9-13)30-18(15-6-4-5-7-16(15)22)27-28-21(30)31-12-17-24-19(23)26-20(25-17)29(2)3/h4-11H,12H2,1-3H3,(H2,23,24,25,26). The average molecular weight is 437 g/mol. The molecule has 0 aliphatic rings. The van der Waals surface area contributed by atoms with Gasteiger partial charge in [0.2, 0.25) is 11.9 Å². The fraction of sp³-hybridized carbons (Fsp3) is 0.190. The second-order valence-corrected chi connectivity index (χ2v) is 7.99. The van der Waals surface area contributed by atoms with Crippen LogP contribution in [0.3, 0.4) is 0 Å². The zero-order valence-corrected chi connectivity index (χ0v) is 18.1. The van der Waals surface area contributed by atoms with Crippen LogP contribution in [0.5, 0.6) is 0 Å². The van der Waals surface area contributed by atoms with E-state index in [1.54, 1.807) is 23.1 Å². The molecule has 2 aromatic heterocycles. The Morgan fingerprint density at radius 2 is 1.74 bits per heavy atom. The molecule has 0 atom stereocenters. The highest BCUT2D eigenvalue weighted by Gasteiger charge is 2.19. The van der Waals surface area contributed by atoms with E-state index in [9.17, 15) is 4.39 Å². The van der Waals surface area contributed by atoms with Crippen molar-refractivity contribution in [3.05, 3.63) is 65.7 Å². The molecule has 2 heterocycles. The Labute approximate surface area is 183 Å². The van der Waals surface area contributed by atoms with Crippen molar-refractivity contribution in [2.45, 2.75) is 17.8 Å². The number of aromatic nitrogens is 6. The number of nitrogen functional groups attached to an aromatic ring is 1. The minimum Gasteiger partial charge on any atom is -0.368 e. The van der Waals surface area contributed by atoms with E-state index in [4.69, 9.17) is 5.73 Å². The Balaban J connectivity index is 1.73. The van der Waals surface area contributed by atoms with Gasteiger partial charge in [-0.2, -0.15) is 15.0 Å². The van der Waals surface area contributed by atoms with Crippen LogP contribution in [-0.2, 0) is 5.75 Å². The van der Waals surface area contributed by atoms with E-state index in [0.29, 0.717) is 34.1 Å². The normalized spacial score (nSPS) is 11.0. The number of halogens is 1. The molecule has 0 amide bonds. The fourth-order valence-corrected chi connectivity index (χ4v) is 3.73. The van der Waals surface area contributed by atoms with Crippen LogP contribution in [-0.4, -0.2) is 43.8 Å². The summed E-state index contributed by atoms with van der Waals surface area (Å²) in [5.41, 5.74) is 8.16. The van der Waals surface area contributed by atoms with Crippen LogP contribution in [0.15, 0.2) is 53.7 Å². The highest BCUT2D eigenvalue weighted by molar-refractivity contribution is 7.98. The Kier molecular flexibility index (Phi) is 5.81. The Hall–Kier alpha value is -3.53. The van der Waals surface area contributed by atoms with Crippen molar-refractivity contribution in [3.8, 4) is 17.1 Å². The maximum Gasteiger partial charge on any atom is 0.229 e. The van der Waals surface area contributed by atoms with Gasteiger partial charge < -0.3 is 10.6 Å². The van der Waals surface area contributed by atoms with Gasteiger partial charge in [-0.15, -0.1) is 10.2 Å². The van der Waals surface area contributed by atoms with Crippen LogP contribution >= 0.6 is 11.8 Å². The van der Waals surface area contributed by atoms with Crippen molar-refractivity contribution in [2.75, 3.05) is 24.7 Å². The Bertz CT molecular complexity index is 1210. The molecule has 0 radical (unpaired) electrons. The second-order valence-electron chi connectivity index (χ2n) is 7.05. The zero-order chi connectivity index (χ0) is 22.0. The van der Waals surface area contributed by atoms with E-state index >= 15 is 0 Å². The summed E-state index contributed by atoms with van der Waals surface area (Å²) in [6, 6.07) is 14.4. The molecule has 0 saturated heterocycles. The van der Waals surface area contributed by atoms with Crippen LogP contribution < -0.4 is 10.6 Å². The molecular weight excluding hydrogens is 415 g/mol. The third kappa shape index (κ3) is 4.48. The molecular formula is C21H21FN8S. The first kappa shape index (κ1) is 20.7. The summed E-state index contributed by atoms with van der Waals surface area (Å²) >= 11 is 1.39. The molecule has 2 aromatic carbocycles. The monoisotopic (exact) mass is 436 g/mol. The van der Waals surface area contributed by atoms with Crippen molar-refractivity contribution >= 4 is 23.7 Å². The molecule has 4 aromatic rings. The predicted octanol–water partition coefficient (Wildman–Crippen LogP) is 3.51. The number of nitrogens with two attached hydrogens (primary N) is 1. The van der Waals surface area contributed by atoms with Gasteiger partial charge in [-0.05, 0) is 31.2 Å². The van der Waals surface area contributed by atoms with Crippen LogP contribution in [0.1, 0.15) is 11.4 Å². The number of thioether (sulfide) groups is 1. The molecule has 4 rings (SSSR count). The van der Waals surface area contributed by atoms with Gasteiger partial charge in [0.05, 0.1) is 11.3 Å². The smallest absolute Gasteiger partial charge is 0.229 e. The third-order valence-electron chi connectivity index (χ3n) is 4.46. The zero-order valence-electron chi connectivity index (χ0n) is 17.3. The first-order chi connectivity index (χ1) is 14.9. The first-order valence-corrected chi connectivity index (χ1v) is 10.5. The van der Waals surface area contributed by atoms with Crippen molar-refractivity contribution in [3.63, 3.8) is 0 Å². The van der Waals surface area contributed by atoms with Crippen molar-refractivity contribution < 1.29 is 4.39 Å². The third-order valence-corrected chi connectivity index (χ3v) is 5.38. The van der Waals surface area contributed by atoms with Crippen LogP contribution in [0, 0.1) is 12.7 Å². The Morgan fingerprint density at radius 1 is 1.00 bits per heavy atom. The van der Waals surface area contributed by atoms with Crippen LogP contribution in [0.2, 0.25) is 0 Å². The van der Waals surface area contributed by atoms with Gasteiger partial charge in [0.25, 0.3) is 0 Å². The summed E-state index contributed by atoms with van der Waals surface area (Å²) in [7, 11) is 3.67. The van der Waals surface area contributed by atoms with E-state index in [-0.39, 0.29) is 11.8 Å². The maximum absolute atomic E-state index is 14.5. The molecule has 31 heavy (non-hydrogen) atoms. The molecule has 0 spiro atoms. The largest absolute Gasteiger partial charge is 0.368 e. The predicted molar refractivity (Wildman–Crippen MR) is 120 cm³/mol. The van der Waals surface area contributed by atoms with Gasteiger partial charge in [0.15, 0.2) is 11.0 Å². The molecule has 0 saturated carbocycles. The summed E-state index contributed by atoms with van der Waals surface area (Å²) in [5, 5.41) is 9.20. The van der Waals surface area contributed by atoms with E-state index in [1.165, 1.54) is 17.8 Å².